The Bertz CT molecular complexity index is 1610. The number of hydrogen-bond donors (Lipinski definition) is 0. The topological polar surface area (TPSA) is 55.2 Å². The van der Waals surface area contributed by atoms with Crippen molar-refractivity contribution in [1.29, 1.82) is 0 Å². The molecule has 1 saturated heterocycles. The van der Waals surface area contributed by atoms with Gasteiger partial charge in [0.1, 0.15) is 4.75 Å². The molecule has 0 unspecified atom stereocenters. The van der Waals surface area contributed by atoms with Crippen LogP contribution in [0.3, 0.4) is 0 Å². The fourth-order valence-electron chi connectivity index (χ4n) is 7.83. The van der Waals surface area contributed by atoms with Gasteiger partial charge in [-0.15, -0.1) is 0 Å². The van der Waals surface area contributed by atoms with E-state index in [1.54, 1.807) is 18.2 Å². The van der Waals surface area contributed by atoms with E-state index in [-0.39, 0.29) is 16.0 Å². The fourth-order valence-corrected chi connectivity index (χ4v) is 10.3. The lowest BCUT2D eigenvalue weighted by Crippen LogP contribution is -2.48. The Labute approximate surface area is 267 Å². The predicted octanol–water partition coefficient (Wildman–Crippen LogP) is 8.60. The first kappa shape index (κ1) is 31.9. The number of piperidine rings is 1. The highest BCUT2D eigenvalue weighted by atomic mass is 35.5. The second kappa shape index (κ2) is 12.3. The molecule has 0 N–H and O–H groups in total. The van der Waals surface area contributed by atoms with Crippen molar-refractivity contribution >= 4 is 33.0 Å². The fraction of sp³-hybridized carbons (Fsp3) is 0.545. The molecule has 0 radical (unpaired) electrons. The quantitative estimate of drug-likeness (QED) is 0.264. The molecule has 6 rings (SSSR count). The summed E-state index contributed by atoms with van der Waals surface area (Å²) in [4.78, 5) is 2.40. The van der Waals surface area contributed by atoms with Gasteiger partial charge in [0.15, 0.2) is 9.84 Å². The van der Waals surface area contributed by atoms with Gasteiger partial charge in [0.25, 0.3) is 0 Å². The summed E-state index contributed by atoms with van der Waals surface area (Å²) in [6, 6.07) is 8.97. The maximum atomic E-state index is 14.3. The van der Waals surface area contributed by atoms with Crippen LogP contribution in [0.15, 0.2) is 47.4 Å². The van der Waals surface area contributed by atoms with Crippen LogP contribution in [-0.2, 0) is 40.1 Å². The molecular formula is C33H38Cl2F3N3O2S. The zero-order valence-corrected chi connectivity index (χ0v) is 27.2. The van der Waals surface area contributed by atoms with E-state index >= 15 is 0 Å². The Morgan fingerprint density at radius 2 is 1.61 bits per heavy atom. The molecule has 11 heteroatoms. The molecule has 3 heterocycles. The maximum absolute atomic E-state index is 14.3. The van der Waals surface area contributed by atoms with Gasteiger partial charge in [-0.25, -0.2) is 8.42 Å². The molecule has 44 heavy (non-hydrogen) atoms. The van der Waals surface area contributed by atoms with Crippen LogP contribution in [0.1, 0.15) is 92.3 Å². The van der Waals surface area contributed by atoms with E-state index in [1.165, 1.54) is 29.8 Å². The summed E-state index contributed by atoms with van der Waals surface area (Å²) in [5.41, 5.74) is 3.82. The summed E-state index contributed by atoms with van der Waals surface area (Å²) in [7, 11) is -4.07. The standard InChI is InChI=1S/C33H38Cl2F3N3O2S/c1-2-29-31(30-5-3-4-18-41(30)39-29)22-14-19-40(20-15-22)25-12-16-32(17-13-25,24-8-11-27(34)28(35)21-24)44(42,43)26-9-6-23(7-10-26)33(36,37)38/h6-11,21-22,25H,2-5,12-20H2,1H3. The molecule has 2 aromatic carbocycles. The molecular weight excluding hydrogens is 630 g/mol. The summed E-state index contributed by atoms with van der Waals surface area (Å²) in [5.74, 6) is 0.502. The highest BCUT2D eigenvalue weighted by Gasteiger charge is 2.49. The highest BCUT2D eigenvalue weighted by molar-refractivity contribution is 7.92. The summed E-state index contributed by atoms with van der Waals surface area (Å²) in [5, 5.41) is 5.52. The van der Waals surface area contributed by atoms with Crippen molar-refractivity contribution in [3.8, 4) is 0 Å². The van der Waals surface area contributed by atoms with Gasteiger partial charge in [-0.2, -0.15) is 18.3 Å². The van der Waals surface area contributed by atoms with Crippen LogP contribution >= 0.6 is 23.2 Å². The highest BCUT2D eigenvalue weighted by Crippen LogP contribution is 2.49. The van der Waals surface area contributed by atoms with E-state index in [1.807, 2.05) is 0 Å². The van der Waals surface area contributed by atoms with E-state index in [0.717, 1.165) is 69.6 Å². The molecule has 0 amide bonds. The maximum Gasteiger partial charge on any atom is 0.416 e. The number of nitrogens with zero attached hydrogens (tertiary/aromatic N) is 3. The number of aromatic nitrogens is 2. The number of aryl methyl sites for hydroxylation is 2. The van der Waals surface area contributed by atoms with Crippen LogP contribution in [0.2, 0.25) is 10.0 Å². The lowest BCUT2D eigenvalue weighted by molar-refractivity contribution is -0.137. The Kier molecular flexibility index (Phi) is 8.89. The van der Waals surface area contributed by atoms with Crippen molar-refractivity contribution in [2.75, 3.05) is 13.1 Å². The average molecular weight is 669 g/mol. The van der Waals surface area contributed by atoms with Crippen molar-refractivity contribution in [1.82, 2.24) is 14.7 Å². The van der Waals surface area contributed by atoms with E-state index in [9.17, 15) is 21.6 Å². The zero-order valence-electron chi connectivity index (χ0n) is 24.8. The van der Waals surface area contributed by atoms with Gasteiger partial charge >= 0.3 is 6.18 Å². The number of sulfone groups is 1. The Morgan fingerprint density at radius 1 is 0.932 bits per heavy atom. The van der Waals surface area contributed by atoms with Crippen LogP contribution < -0.4 is 0 Å². The lowest BCUT2D eigenvalue weighted by atomic mass is 9.79. The molecule has 5 nitrogen and oxygen atoms in total. The molecule has 3 aliphatic rings. The van der Waals surface area contributed by atoms with Crippen molar-refractivity contribution in [2.45, 2.75) is 105 Å². The van der Waals surface area contributed by atoms with Gasteiger partial charge < -0.3 is 4.90 Å². The SMILES string of the molecule is CCc1nn2c(c1C1CCN(C3CCC(c4ccc(Cl)c(Cl)c4)(S(=O)(=O)c4ccc(C(F)(F)F)cc4)CC3)CC1)CCCC2. The largest absolute Gasteiger partial charge is 0.416 e. The Hall–Kier alpha value is -2.07. The number of alkyl halides is 3. The second-order valence-corrected chi connectivity index (χ2v) is 15.6. The Morgan fingerprint density at radius 3 is 2.23 bits per heavy atom. The van der Waals surface area contributed by atoms with E-state index in [2.05, 4.69) is 16.5 Å². The molecule has 2 aliphatic heterocycles. The van der Waals surface area contributed by atoms with Gasteiger partial charge in [0, 0.05) is 18.3 Å². The van der Waals surface area contributed by atoms with Gasteiger partial charge in [-0.1, -0.05) is 36.2 Å². The zero-order chi connectivity index (χ0) is 31.3. The van der Waals surface area contributed by atoms with E-state index in [0.29, 0.717) is 42.2 Å². The summed E-state index contributed by atoms with van der Waals surface area (Å²) >= 11 is 12.6. The van der Waals surface area contributed by atoms with Crippen LogP contribution in [0, 0.1) is 0 Å². The summed E-state index contributed by atoms with van der Waals surface area (Å²) < 4.78 is 69.3. The number of benzene rings is 2. The van der Waals surface area contributed by atoms with Crippen LogP contribution in [-0.4, -0.2) is 42.2 Å². The normalized spacial score (nSPS) is 23.9. The van der Waals surface area contributed by atoms with Crippen molar-refractivity contribution < 1.29 is 21.6 Å². The average Bonchev–Trinajstić information content (AvgIpc) is 3.41. The van der Waals surface area contributed by atoms with Crippen molar-refractivity contribution in [3.63, 3.8) is 0 Å². The first-order chi connectivity index (χ1) is 20.9. The van der Waals surface area contributed by atoms with Gasteiger partial charge in [0.05, 0.1) is 26.2 Å². The molecule has 0 bridgehead atoms. The number of hydrogen-bond acceptors (Lipinski definition) is 4. The van der Waals surface area contributed by atoms with Crippen LogP contribution in [0.4, 0.5) is 13.2 Å². The van der Waals surface area contributed by atoms with Gasteiger partial charge in [0.2, 0.25) is 0 Å². The third kappa shape index (κ3) is 5.71. The van der Waals surface area contributed by atoms with Crippen LogP contribution in [0.25, 0.3) is 0 Å². The molecule has 0 atom stereocenters. The molecule has 0 spiro atoms. The first-order valence-corrected chi connectivity index (χ1v) is 17.9. The van der Waals surface area contributed by atoms with Gasteiger partial charge in [-0.3, -0.25) is 4.68 Å². The molecule has 3 aromatic rings. The summed E-state index contributed by atoms with van der Waals surface area (Å²) in [6.07, 6.45) is 4.04. The minimum Gasteiger partial charge on any atom is -0.300 e. The Balaban J connectivity index is 1.22. The minimum absolute atomic E-state index is 0.118. The third-order valence-electron chi connectivity index (χ3n) is 10.2. The lowest BCUT2D eigenvalue weighted by Gasteiger charge is -2.45. The summed E-state index contributed by atoms with van der Waals surface area (Å²) in [6.45, 7) is 5.11. The minimum atomic E-state index is -4.55. The number of fused-ring (bicyclic) bond motifs is 1. The molecule has 2 fully saturated rings. The molecule has 1 aromatic heterocycles. The number of halogens is 5. The molecule has 1 saturated carbocycles. The van der Waals surface area contributed by atoms with E-state index < -0.39 is 26.3 Å². The van der Waals surface area contributed by atoms with Crippen LogP contribution in [0.5, 0.6) is 0 Å². The second-order valence-electron chi connectivity index (χ2n) is 12.5. The van der Waals surface area contributed by atoms with E-state index in [4.69, 9.17) is 28.3 Å². The molecule has 1 aliphatic carbocycles. The first-order valence-electron chi connectivity index (χ1n) is 15.6. The van der Waals surface area contributed by atoms with Gasteiger partial charge in [-0.05, 0) is 131 Å². The van der Waals surface area contributed by atoms with Crippen molar-refractivity contribution in [3.05, 3.63) is 80.6 Å². The van der Waals surface area contributed by atoms with Crippen molar-refractivity contribution in [2.24, 2.45) is 0 Å². The number of rotatable bonds is 6. The third-order valence-corrected chi connectivity index (χ3v) is 13.5. The molecule has 238 valence electrons. The predicted molar refractivity (Wildman–Crippen MR) is 167 cm³/mol. The monoisotopic (exact) mass is 667 g/mol. The smallest absolute Gasteiger partial charge is 0.300 e. The number of likely N-dealkylation sites (tertiary alicyclic amines) is 1.